The summed E-state index contributed by atoms with van der Waals surface area (Å²) in [4.78, 5) is 28.8. The molecule has 0 aromatic rings. The number of carbonyl (C=O) groups is 2. The summed E-state index contributed by atoms with van der Waals surface area (Å²) in [6, 6.07) is -0.00189. The molecule has 3 fully saturated rings. The van der Waals surface area contributed by atoms with E-state index in [4.69, 9.17) is 0 Å². The second-order valence-corrected chi connectivity index (χ2v) is 11.6. The highest BCUT2D eigenvalue weighted by Crippen LogP contribution is 2.63. The van der Waals surface area contributed by atoms with Crippen LogP contribution in [0.15, 0.2) is 12.2 Å². The minimum absolute atomic E-state index is 0.00189. The molecule has 3 aliphatic carbocycles. The maximum atomic E-state index is 13.5. The van der Waals surface area contributed by atoms with Crippen LogP contribution in [0.1, 0.15) is 67.7 Å². The number of hydrogen-bond acceptors (Lipinski definition) is 3. The van der Waals surface area contributed by atoms with Gasteiger partial charge in [0.2, 0.25) is 11.8 Å². The van der Waals surface area contributed by atoms with Gasteiger partial charge in [-0.25, -0.2) is 0 Å². The molecular formula is C22H34N2O2. The average molecular weight is 359 g/mol. The molecule has 26 heavy (non-hydrogen) atoms. The number of allylic oxidation sites excluding steroid dienone is 2. The predicted octanol–water partition coefficient (Wildman–Crippen LogP) is 3.52. The van der Waals surface area contributed by atoms with Crippen molar-refractivity contribution in [3.63, 3.8) is 0 Å². The van der Waals surface area contributed by atoms with Gasteiger partial charge in [-0.05, 0) is 63.7 Å². The van der Waals surface area contributed by atoms with Crippen molar-refractivity contribution in [1.82, 2.24) is 10.2 Å². The van der Waals surface area contributed by atoms with E-state index in [1.165, 1.54) is 0 Å². The second kappa shape index (κ2) is 5.01. The Morgan fingerprint density at radius 3 is 2.08 bits per heavy atom. The molecule has 4 heteroatoms. The van der Waals surface area contributed by atoms with Gasteiger partial charge in [0.05, 0.1) is 11.8 Å². The topological polar surface area (TPSA) is 49.4 Å². The fourth-order valence-corrected chi connectivity index (χ4v) is 7.14. The molecule has 2 heterocycles. The molecular weight excluding hydrogens is 324 g/mol. The molecule has 2 saturated heterocycles. The fourth-order valence-electron chi connectivity index (χ4n) is 7.14. The predicted molar refractivity (Wildman–Crippen MR) is 102 cm³/mol. The van der Waals surface area contributed by atoms with E-state index in [2.05, 4.69) is 65.9 Å². The molecule has 4 atom stereocenters. The van der Waals surface area contributed by atoms with Gasteiger partial charge >= 0.3 is 0 Å². The number of carbonyl (C=O) groups excluding carboxylic acids is 2. The fraction of sp³-hybridized carbons (Fsp3) is 0.818. The lowest BCUT2D eigenvalue weighted by Crippen LogP contribution is -2.63. The molecule has 4 nitrogen and oxygen atoms in total. The van der Waals surface area contributed by atoms with E-state index in [1.807, 2.05) is 0 Å². The van der Waals surface area contributed by atoms with Crippen LogP contribution in [-0.4, -0.2) is 33.8 Å². The SMILES string of the molecule is CC1(C)CC(N2C(=O)C3C4C=CC(C)(CC4(C)C)C3C2=O)CC(C)(C)N1. The summed E-state index contributed by atoms with van der Waals surface area (Å²) in [5.74, 6) is 0.0257. The zero-order valence-corrected chi connectivity index (χ0v) is 17.3. The highest BCUT2D eigenvalue weighted by Gasteiger charge is 2.66. The Kier molecular flexibility index (Phi) is 3.51. The number of imide groups is 1. The van der Waals surface area contributed by atoms with E-state index in [9.17, 15) is 9.59 Å². The van der Waals surface area contributed by atoms with Crippen molar-refractivity contribution in [1.29, 1.82) is 0 Å². The summed E-state index contributed by atoms with van der Waals surface area (Å²) in [5.41, 5.74) is -0.284. The van der Waals surface area contributed by atoms with E-state index in [-0.39, 0.29) is 57.5 Å². The first-order valence-electron chi connectivity index (χ1n) is 10.1. The van der Waals surface area contributed by atoms with Gasteiger partial charge in [-0.2, -0.15) is 0 Å². The van der Waals surface area contributed by atoms with Gasteiger partial charge in [0, 0.05) is 17.1 Å². The third-order valence-corrected chi connectivity index (χ3v) is 7.44. The number of rotatable bonds is 1. The third kappa shape index (κ3) is 2.44. The molecule has 4 unspecified atom stereocenters. The maximum Gasteiger partial charge on any atom is 0.234 e. The lowest BCUT2D eigenvalue weighted by Gasteiger charge is -2.54. The molecule has 5 rings (SSSR count). The van der Waals surface area contributed by atoms with Crippen molar-refractivity contribution >= 4 is 11.8 Å². The van der Waals surface area contributed by atoms with E-state index < -0.39 is 0 Å². The van der Waals surface area contributed by atoms with Crippen molar-refractivity contribution in [2.24, 2.45) is 28.6 Å². The number of nitrogens with one attached hydrogen (secondary N) is 1. The highest BCUT2D eigenvalue weighted by atomic mass is 16.2. The lowest BCUT2D eigenvalue weighted by molar-refractivity contribution is -0.145. The quantitative estimate of drug-likeness (QED) is 0.576. The zero-order valence-electron chi connectivity index (χ0n) is 17.3. The van der Waals surface area contributed by atoms with Crippen LogP contribution in [0.4, 0.5) is 0 Å². The molecule has 5 aliphatic rings. The molecule has 0 radical (unpaired) electrons. The highest BCUT2D eigenvalue weighted by molar-refractivity contribution is 6.06. The van der Waals surface area contributed by atoms with Crippen LogP contribution in [0, 0.1) is 28.6 Å². The Hall–Kier alpha value is -1.16. The first-order valence-corrected chi connectivity index (χ1v) is 10.1. The average Bonchev–Trinajstić information content (AvgIpc) is 2.67. The van der Waals surface area contributed by atoms with Crippen LogP contribution in [0.25, 0.3) is 0 Å². The van der Waals surface area contributed by atoms with Crippen LogP contribution in [-0.2, 0) is 9.59 Å². The first-order chi connectivity index (χ1) is 11.8. The van der Waals surface area contributed by atoms with E-state index in [0.29, 0.717) is 0 Å². The second-order valence-electron chi connectivity index (χ2n) is 11.6. The number of piperidine rings is 1. The molecule has 0 aromatic heterocycles. The molecule has 144 valence electrons. The van der Waals surface area contributed by atoms with Gasteiger partial charge in [-0.3, -0.25) is 14.5 Å². The van der Waals surface area contributed by atoms with Crippen LogP contribution < -0.4 is 5.32 Å². The van der Waals surface area contributed by atoms with E-state index >= 15 is 0 Å². The third-order valence-electron chi connectivity index (χ3n) is 7.44. The lowest BCUT2D eigenvalue weighted by atomic mass is 9.47. The van der Waals surface area contributed by atoms with Crippen LogP contribution in [0.5, 0.6) is 0 Å². The smallest absolute Gasteiger partial charge is 0.234 e. The maximum absolute atomic E-state index is 13.5. The van der Waals surface area contributed by atoms with Crippen LogP contribution in [0.2, 0.25) is 0 Å². The summed E-state index contributed by atoms with van der Waals surface area (Å²) >= 11 is 0. The summed E-state index contributed by atoms with van der Waals surface area (Å²) in [6.07, 6.45) is 7.10. The summed E-state index contributed by atoms with van der Waals surface area (Å²) in [5, 5.41) is 3.67. The largest absolute Gasteiger partial charge is 0.307 e. The molecule has 2 bridgehead atoms. The Morgan fingerprint density at radius 2 is 1.54 bits per heavy atom. The standard InChI is InChI=1S/C22H34N2O2/c1-19(2)12-22(7)9-8-14(19)15-16(22)18(26)24(17(15)25)13-10-20(3,4)23-21(5,6)11-13/h8-9,13-16,23H,10-12H2,1-7H3. The number of likely N-dealkylation sites (tertiary alicyclic amines) is 1. The van der Waals surface area contributed by atoms with Gasteiger partial charge in [0.1, 0.15) is 0 Å². The van der Waals surface area contributed by atoms with E-state index in [0.717, 1.165) is 19.3 Å². The minimum Gasteiger partial charge on any atom is -0.307 e. The van der Waals surface area contributed by atoms with Crippen molar-refractivity contribution in [2.75, 3.05) is 0 Å². The number of amides is 2. The first kappa shape index (κ1) is 18.2. The Bertz CT molecular complexity index is 689. The normalized spacial score (nSPS) is 43.0. The molecule has 1 N–H and O–H groups in total. The van der Waals surface area contributed by atoms with Crippen LogP contribution in [0.3, 0.4) is 0 Å². The van der Waals surface area contributed by atoms with Gasteiger partial charge in [0.25, 0.3) is 0 Å². The van der Waals surface area contributed by atoms with Gasteiger partial charge < -0.3 is 5.32 Å². The summed E-state index contributed by atoms with van der Waals surface area (Å²) < 4.78 is 0. The van der Waals surface area contributed by atoms with Crippen molar-refractivity contribution in [3.05, 3.63) is 12.2 Å². The zero-order chi connectivity index (χ0) is 19.3. The number of hydrogen-bond donors (Lipinski definition) is 1. The molecule has 2 aliphatic heterocycles. The number of fused-ring (bicyclic) bond motifs is 1. The van der Waals surface area contributed by atoms with Crippen molar-refractivity contribution in [3.8, 4) is 0 Å². The Balaban J connectivity index is 1.72. The van der Waals surface area contributed by atoms with Gasteiger partial charge in [-0.15, -0.1) is 0 Å². The van der Waals surface area contributed by atoms with Crippen molar-refractivity contribution in [2.45, 2.75) is 84.8 Å². The molecule has 2 amide bonds. The molecule has 0 spiro atoms. The van der Waals surface area contributed by atoms with Gasteiger partial charge in [0.15, 0.2) is 0 Å². The number of nitrogens with zero attached hydrogens (tertiary/aromatic N) is 1. The van der Waals surface area contributed by atoms with Crippen molar-refractivity contribution < 1.29 is 9.59 Å². The van der Waals surface area contributed by atoms with Gasteiger partial charge in [-0.1, -0.05) is 32.9 Å². The minimum atomic E-state index is -0.192. The Labute approximate surface area is 157 Å². The summed E-state index contributed by atoms with van der Waals surface area (Å²) in [6.45, 7) is 15.4. The van der Waals surface area contributed by atoms with Crippen LogP contribution >= 0.6 is 0 Å². The summed E-state index contributed by atoms with van der Waals surface area (Å²) in [7, 11) is 0. The monoisotopic (exact) mass is 358 g/mol. The Morgan fingerprint density at radius 1 is 0.962 bits per heavy atom. The molecule has 0 aromatic carbocycles. The van der Waals surface area contributed by atoms with E-state index in [1.54, 1.807) is 4.90 Å². The molecule has 1 saturated carbocycles.